The fourth-order valence-electron chi connectivity index (χ4n) is 4.13. The summed E-state index contributed by atoms with van der Waals surface area (Å²) >= 11 is 0. The highest BCUT2D eigenvalue weighted by molar-refractivity contribution is 5.69. The Morgan fingerprint density at radius 1 is 0.957 bits per heavy atom. The molecule has 23 heavy (non-hydrogen) atoms. The molecule has 1 aliphatic rings. The Morgan fingerprint density at radius 2 is 1.65 bits per heavy atom. The Labute approximate surface area is 138 Å². The minimum atomic E-state index is 0.981. The summed E-state index contributed by atoms with van der Waals surface area (Å²) in [4.78, 5) is 0. The third-order valence-corrected chi connectivity index (χ3v) is 5.21. The number of fused-ring (bicyclic) bond motifs is 3. The lowest BCUT2D eigenvalue weighted by molar-refractivity contribution is -0.672. The molecular formula is C21H23N2+. The first-order chi connectivity index (χ1) is 11.0. The lowest BCUT2D eigenvalue weighted by Crippen LogP contribution is -2.32. The van der Waals surface area contributed by atoms with Gasteiger partial charge in [-0.3, -0.25) is 0 Å². The van der Waals surface area contributed by atoms with Crippen LogP contribution in [0.4, 0.5) is 0 Å². The van der Waals surface area contributed by atoms with Crippen molar-refractivity contribution < 1.29 is 4.57 Å². The largest absolute Gasteiger partial charge is 0.307 e. The Morgan fingerprint density at radius 3 is 2.35 bits per heavy atom. The van der Waals surface area contributed by atoms with Crippen molar-refractivity contribution in [2.45, 2.75) is 41.2 Å². The summed E-state index contributed by atoms with van der Waals surface area (Å²) in [5.74, 6) is 0. The van der Waals surface area contributed by atoms with Gasteiger partial charge in [0.15, 0.2) is 12.7 Å². The average Bonchev–Trinajstić information content (AvgIpc) is 2.98. The van der Waals surface area contributed by atoms with Crippen LogP contribution in [0.3, 0.4) is 0 Å². The van der Waals surface area contributed by atoms with Crippen LogP contribution in [0, 0.1) is 34.6 Å². The zero-order valence-corrected chi connectivity index (χ0v) is 14.6. The van der Waals surface area contributed by atoms with Crippen molar-refractivity contribution in [3.8, 4) is 17.1 Å². The van der Waals surface area contributed by atoms with Gasteiger partial charge >= 0.3 is 0 Å². The number of nitrogens with zero attached hydrogens (tertiary/aromatic N) is 2. The summed E-state index contributed by atoms with van der Waals surface area (Å²) in [5.41, 5.74) is 12.3. The van der Waals surface area contributed by atoms with Crippen LogP contribution in [0.5, 0.6) is 0 Å². The first-order valence-corrected chi connectivity index (χ1v) is 8.27. The predicted octanol–water partition coefficient (Wildman–Crippen LogP) is 4.34. The van der Waals surface area contributed by atoms with Gasteiger partial charge in [-0.15, -0.1) is 0 Å². The molecule has 0 N–H and O–H groups in total. The van der Waals surface area contributed by atoms with Crippen LogP contribution < -0.4 is 4.57 Å². The topological polar surface area (TPSA) is 8.81 Å². The van der Waals surface area contributed by atoms with Crippen LogP contribution in [0.2, 0.25) is 0 Å². The Kier molecular flexibility index (Phi) is 2.99. The summed E-state index contributed by atoms with van der Waals surface area (Å²) in [5, 5.41) is 0. The molecule has 2 heteroatoms. The molecule has 0 saturated heterocycles. The maximum absolute atomic E-state index is 2.48. The number of aromatic nitrogens is 2. The smallest absolute Gasteiger partial charge is 0.230 e. The summed E-state index contributed by atoms with van der Waals surface area (Å²) in [6.45, 7) is 12.1. The van der Waals surface area contributed by atoms with Gasteiger partial charge in [0.05, 0.1) is 11.3 Å². The molecular weight excluding hydrogens is 280 g/mol. The first kappa shape index (κ1) is 14.3. The van der Waals surface area contributed by atoms with Gasteiger partial charge in [-0.1, -0.05) is 17.7 Å². The predicted molar refractivity (Wildman–Crippen MR) is 94.2 cm³/mol. The molecule has 0 aliphatic carbocycles. The van der Waals surface area contributed by atoms with E-state index in [9.17, 15) is 0 Å². The molecule has 116 valence electrons. The Balaban J connectivity index is 2.09. The highest BCUT2D eigenvalue weighted by Crippen LogP contribution is 2.37. The normalized spacial score (nSPS) is 12.4. The fourth-order valence-corrected chi connectivity index (χ4v) is 4.13. The van der Waals surface area contributed by atoms with Gasteiger partial charge in [0.25, 0.3) is 0 Å². The number of rotatable bonds is 1. The molecule has 1 aliphatic heterocycles. The van der Waals surface area contributed by atoms with Crippen LogP contribution in [-0.4, -0.2) is 4.57 Å². The molecule has 0 unspecified atom stereocenters. The van der Waals surface area contributed by atoms with E-state index >= 15 is 0 Å². The van der Waals surface area contributed by atoms with Crippen molar-refractivity contribution >= 4 is 0 Å². The second kappa shape index (κ2) is 4.82. The van der Waals surface area contributed by atoms with Crippen molar-refractivity contribution in [1.29, 1.82) is 0 Å². The van der Waals surface area contributed by atoms with E-state index in [1.165, 1.54) is 50.6 Å². The maximum Gasteiger partial charge on any atom is 0.230 e. The summed E-state index contributed by atoms with van der Waals surface area (Å²) in [6.07, 6.45) is 2.18. The summed E-state index contributed by atoms with van der Waals surface area (Å²) < 4.78 is 4.83. The highest BCUT2D eigenvalue weighted by atomic mass is 15.1. The number of hydrogen-bond acceptors (Lipinski definition) is 0. The van der Waals surface area contributed by atoms with Gasteiger partial charge in [0.1, 0.15) is 5.69 Å². The lowest BCUT2D eigenvalue weighted by Gasteiger charge is -2.17. The second-order valence-electron chi connectivity index (χ2n) is 6.83. The molecule has 0 atom stereocenters. The van der Waals surface area contributed by atoms with Crippen molar-refractivity contribution in [1.82, 2.24) is 4.57 Å². The SMILES string of the molecule is Cc1cc(C)c(-n2c(C)c(C)c3c2-c2cccc[n+]2C3)c(C)c1. The number of benzene rings is 1. The van der Waals surface area contributed by atoms with E-state index in [2.05, 4.69) is 80.3 Å². The monoisotopic (exact) mass is 303 g/mol. The van der Waals surface area contributed by atoms with E-state index in [0.717, 1.165) is 6.54 Å². The standard InChI is InChI=1S/C21H23N2/c1-13-10-14(2)20(15(3)11-13)23-17(5)16(4)18-12-22-9-7-6-8-19(22)21(18)23/h6-11H,12H2,1-5H3/q+1. The summed E-state index contributed by atoms with van der Waals surface area (Å²) in [7, 11) is 0. The fraction of sp³-hybridized carbons (Fsp3) is 0.286. The van der Waals surface area contributed by atoms with Gasteiger partial charge in [-0.05, 0) is 57.4 Å². The molecule has 2 aromatic heterocycles. The minimum Gasteiger partial charge on any atom is -0.307 e. The van der Waals surface area contributed by atoms with Gasteiger partial charge in [-0.2, -0.15) is 4.57 Å². The molecule has 0 saturated carbocycles. The van der Waals surface area contributed by atoms with Crippen LogP contribution >= 0.6 is 0 Å². The van der Waals surface area contributed by atoms with Crippen molar-refractivity contribution in [3.63, 3.8) is 0 Å². The number of pyridine rings is 1. The van der Waals surface area contributed by atoms with Crippen molar-refractivity contribution in [2.24, 2.45) is 0 Å². The molecule has 0 spiro atoms. The molecule has 0 radical (unpaired) electrons. The van der Waals surface area contributed by atoms with Gasteiger partial charge in [0.2, 0.25) is 5.69 Å². The van der Waals surface area contributed by atoms with Crippen LogP contribution in [-0.2, 0) is 6.54 Å². The third kappa shape index (κ3) is 1.91. The number of hydrogen-bond donors (Lipinski definition) is 0. The quantitative estimate of drug-likeness (QED) is 0.463. The van der Waals surface area contributed by atoms with Crippen molar-refractivity contribution in [3.05, 3.63) is 70.0 Å². The molecule has 0 fully saturated rings. The maximum atomic E-state index is 2.48. The van der Waals surface area contributed by atoms with Gasteiger partial charge in [0, 0.05) is 17.8 Å². The Bertz CT molecular complexity index is 922. The molecule has 2 nitrogen and oxygen atoms in total. The second-order valence-corrected chi connectivity index (χ2v) is 6.83. The molecule has 3 aromatic rings. The van der Waals surface area contributed by atoms with Gasteiger partial charge in [-0.25, -0.2) is 0 Å². The van der Waals surface area contributed by atoms with Crippen LogP contribution in [0.1, 0.15) is 33.5 Å². The zero-order valence-electron chi connectivity index (χ0n) is 14.6. The highest BCUT2D eigenvalue weighted by Gasteiger charge is 2.34. The summed E-state index contributed by atoms with van der Waals surface area (Å²) in [6, 6.07) is 11.1. The molecule has 3 heterocycles. The van der Waals surface area contributed by atoms with E-state index in [-0.39, 0.29) is 0 Å². The molecule has 0 bridgehead atoms. The number of aryl methyl sites for hydroxylation is 3. The van der Waals surface area contributed by atoms with Crippen LogP contribution in [0.25, 0.3) is 17.1 Å². The molecule has 4 rings (SSSR count). The van der Waals surface area contributed by atoms with Crippen molar-refractivity contribution in [2.75, 3.05) is 0 Å². The van der Waals surface area contributed by atoms with E-state index in [1.807, 2.05) is 0 Å². The minimum absolute atomic E-state index is 0.981. The van der Waals surface area contributed by atoms with E-state index < -0.39 is 0 Å². The van der Waals surface area contributed by atoms with E-state index in [1.54, 1.807) is 0 Å². The third-order valence-electron chi connectivity index (χ3n) is 5.21. The van der Waals surface area contributed by atoms with E-state index in [0.29, 0.717) is 0 Å². The van der Waals surface area contributed by atoms with Crippen LogP contribution in [0.15, 0.2) is 36.5 Å². The average molecular weight is 303 g/mol. The van der Waals surface area contributed by atoms with E-state index in [4.69, 9.17) is 0 Å². The molecule has 0 amide bonds. The zero-order chi connectivity index (χ0) is 16.3. The lowest BCUT2D eigenvalue weighted by atomic mass is 10.0. The molecule has 1 aromatic carbocycles. The van der Waals surface area contributed by atoms with Gasteiger partial charge < -0.3 is 4.57 Å². The first-order valence-electron chi connectivity index (χ1n) is 8.27. The Hall–Kier alpha value is -2.35.